The van der Waals surface area contributed by atoms with Crippen LogP contribution >= 0.6 is 0 Å². The molecule has 0 spiro atoms. The normalized spacial score (nSPS) is 12.6. The van der Waals surface area contributed by atoms with Gasteiger partial charge >= 0.3 is 0 Å². The molecule has 10 aromatic carbocycles. The summed E-state index contributed by atoms with van der Waals surface area (Å²) < 4.78 is 0. The number of anilines is 3. The van der Waals surface area contributed by atoms with Gasteiger partial charge in [-0.2, -0.15) is 0 Å². The predicted octanol–water partition coefficient (Wildman–Crippen LogP) is 16.4. The van der Waals surface area contributed by atoms with Crippen LogP contribution in [-0.2, 0) is 5.41 Å². The minimum Gasteiger partial charge on any atom is -0.311 e. The van der Waals surface area contributed by atoms with Crippen molar-refractivity contribution in [3.8, 4) is 55.6 Å². The highest BCUT2D eigenvalue weighted by Crippen LogP contribution is 2.53. The summed E-state index contributed by atoms with van der Waals surface area (Å²) in [6, 6.07) is 82.3. The number of nitrogens with zero attached hydrogens (tertiary/aromatic N) is 1. The molecule has 10 aromatic rings. The van der Waals surface area contributed by atoms with Gasteiger partial charge in [-0.1, -0.05) is 190 Å². The Hall–Kier alpha value is -7.48. The molecule has 1 heteroatoms. The Labute approximate surface area is 352 Å². The molecule has 0 atom stereocenters. The van der Waals surface area contributed by atoms with Crippen molar-refractivity contribution in [2.75, 3.05) is 4.90 Å². The third-order valence-electron chi connectivity index (χ3n) is 12.7. The first-order valence-corrected chi connectivity index (χ1v) is 20.9. The van der Waals surface area contributed by atoms with E-state index < -0.39 is 0 Å². The van der Waals surface area contributed by atoms with E-state index in [1.165, 1.54) is 88.3 Å². The number of rotatable bonds is 7. The van der Waals surface area contributed by atoms with Gasteiger partial charge in [0.1, 0.15) is 0 Å². The van der Waals surface area contributed by atoms with Gasteiger partial charge in [-0.25, -0.2) is 0 Å². The molecule has 284 valence electrons. The number of fused-ring (bicyclic) bond motifs is 3. The summed E-state index contributed by atoms with van der Waals surface area (Å²) in [4.78, 5) is 2.36. The van der Waals surface area contributed by atoms with Crippen LogP contribution in [-0.4, -0.2) is 0 Å². The van der Waals surface area contributed by atoms with Crippen molar-refractivity contribution in [1.82, 2.24) is 0 Å². The fourth-order valence-corrected chi connectivity index (χ4v) is 9.51. The van der Waals surface area contributed by atoms with Crippen LogP contribution in [0.1, 0.15) is 25.0 Å². The second-order valence-electron chi connectivity index (χ2n) is 16.5. The number of benzene rings is 10. The van der Waals surface area contributed by atoms with Crippen LogP contribution in [0.15, 0.2) is 224 Å². The Morgan fingerprint density at radius 3 is 1.38 bits per heavy atom. The SMILES string of the molecule is CC1(C)c2ccc(-c3ccc4ccccc4c3)cc2-c2c(-c3ccc(N(c4ccc(-c5ccccc5)cc4)c4ccc(-c5ccccc5)cc4)cc3)ccc3cccc1c23. The van der Waals surface area contributed by atoms with E-state index in [-0.39, 0.29) is 5.41 Å². The largest absolute Gasteiger partial charge is 0.311 e. The number of hydrogen-bond donors (Lipinski definition) is 0. The molecule has 0 N–H and O–H groups in total. The van der Waals surface area contributed by atoms with E-state index >= 15 is 0 Å². The van der Waals surface area contributed by atoms with Crippen LogP contribution in [0.3, 0.4) is 0 Å². The van der Waals surface area contributed by atoms with Gasteiger partial charge in [-0.05, 0) is 137 Å². The highest BCUT2D eigenvalue weighted by Gasteiger charge is 2.35. The number of hydrogen-bond acceptors (Lipinski definition) is 1. The lowest BCUT2D eigenvalue weighted by atomic mass is 9.67. The van der Waals surface area contributed by atoms with Crippen LogP contribution in [0.2, 0.25) is 0 Å². The molecule has 1 aliphatic carbocycles. The lowest BCUT2D eigenvalue weighted by Crippen LogP contribution is -2.24. The minimum absolute atomic E-state index is 0.154. The Bertz CT molecular complexity index is 3100. The summed E-state index contributed by atoms with van der Waals surface area (Å²) in [6.45, 7) is 4.77. The fourth-order valence-electron chi connectivity index (χ4n) is 9.51. The van der Waals surface area contributed by atoms with Gasteiger partial charge in [0.25, 0.3) is 0 Å². The van der Waals surface area contributed by atoms with Crippen LogP contribution in [0, 0.1) is 0 Å². The minimum atomic E-state index is -0.154. The van der Waals surface area contributed by atoms with Gasteiger partial charge in [-0.3, -0.25) is 0 Å². The maximum Gasteiger partial charge on any atom is 0.0462 e. The topological polar surface area (TPSA) is 3.24 Å². The van der Waals surface area contributed by atoms with Crippen LogP contribution in [0.4, 0.5) is 17.1 Å². The van der Waals surface area contributed by atoms with Gasteiger partial charge in [0.2, 0.25) is 0 Å². The molecule has 0 heterocycles. The van der Waals surface area contributed by atoms with E-state index in [0.717, 1.165) is 17.1 Å². The molecule has 1 nitrogen and oxygen atoms in total. The van der Waals surface area contributed by atoms with Crippen molar-refractivity contribution in [3.05, 3.63) is 236 Å². The van der Waals surface area contributed by atoms with Gasteiger partial charge in [0.15, 0.2) is 0 Å². The van der Waals surface area contributed by atoms with E-state index in [9.17, 15) is 0 Å². The molecule has 11 rings (SSSR count). The highest BCUT2D eigenvalue weighted by molar-refractivity contribution is 6.10. The molecule has 0 unspecified atom stereocenters. The average molecular weight is 766 g/mol. The summed E-state index contributed by atoms with van der Waals surface area (Å²) in [5.74, 6) is 0. The molecule has 0 aliphatic heterocycles. The Morgan fingerprint density at radius 2 is 0.767 bits per heavy atom. The molecule has 0 bridgehead atoms. The average Bonchev–Trinajstić information content (AvgIpc) is 3.31. The molecular weight excluding hydrogens is 723 g/mol. The van der Waals surface area contributed by atoms with Gasteiger partial charge in [0.05, 0.1) is 0 Å². The highest BCUT2D eigenvalue weighted by atomic mass is 15.1. The van der Waals surface area contributed by atoms with E-state index in [1.54, 1.807) is 0 Å². The molecule has 0 aromatic heterocycles. The van der Waals surface area contributed by atoms with Crippen molar-refractivity contribution in [1.29, 1.82) is 0 Å². The van der Waals surface area contributed by atoms with Crippen molar-refractivity contribution in [2.24, 2.45) is 0 Å². The second kappa shape index (κ2) is 14.4. The predicted molar refractivity (Wildman–Crippen MR) is 255 cm³/mol. The molecular formula is C59H43N. The van der Waals surface area contributed by atoms with Crippen LogP contribution in [0.5, 0.6) is 0 Å². The van der Waals surface area contributed by atoms with Crippen molar-refractivity contribution >= 4 is 38.6 Å². The lowest BCUT2D eigenvalue weighted by Gasteiger charge is -2.36. The van der Waals surface area contributed by atoms with Crippen molar-refractivity contribution < 1.29 is 0 Å². The molecule has 60 heavy (non-hydrogen) atoms. The standard InChI is InChI=1S/C59H43N/c1-59(2)55-37-29-49(48-21-20-42-16-9-10-17-47(42)38-48)39-54(55)58-53(36-28-46-18-11-19-56(59)57(46)58)45-26-34-52(35-27-45)60(50-30-22-43(23-31-50)40-12-5-3-6-13-40)51-32-24-44(25-33-51)41-14-7-4-8-15-41/h3-39H,1-2H3. The van der Waals surface area contributed by atoms with Gasteiger partial charge < -0.3 is 4.90 Å². The smallest absolute Gasteiger partial charge is 0.0462 e. The molecule has 0 radical (unpaired) electrons. The zero-order chi connectivity index (χ0) is 40.2. The van der Waals surface area contributed by atoms with E-state index in [0.29, 0.717) is 0 Å². The summed E-state index contributed by atoms with van der Waals surface area (Å²) in [6.07, 6.45) is 0. The molecule has 0 saturated carbocycles. The summed E-state index contributed by atoms with van der Waals surface area (Å²) in [7, 11) is 0. The maximum atomic E-state index is 2.45. The van der Waals surface area contributed by atoms with Crippen molar-refractivity contribution in [2.45, 2.75) is 19.3 Å². The first-order valence-electron chi connectivity index (χ1n) is 20.9. The lowest BCUT2D eigenvalue weighted by molar-refractivity contribution is 0.645. The molecule has 0 fully saturated rings. The monoisotopic (exact) mass is 765 g/mol. The summed E-state index contributed by atoms with van der Waals surface area (Å²) in [5.41, 5.74) is 18.3. The Balaban J connectivity index is 1.03. The first kappa shape index (κ1) is 35.7. The molecule has 1 aliphatic rings. The van der Waals surface area contributed by atoms with Gasteiger partial charge in [-0.15, -0.1) is 0 Å². The quantitative estimate of drug-likeness (QED) is 0.156. The van der Waals surface area contributed by atoms with E-state index in [2.05, 4.69) is 243 Å². The fraction of sp³-hybridized carbons (Fsp3) is 0.0508. The van der Waals surface area contributed by atoms with Crippen LogP contribution < -0.4 is 4.90 Å². The molecule has 0 amide bonds. The zero-order valence-electron chi connectivity index (χ0n) is 33.8. The second-order valence-corrected chi connectivity index (χ2v) is 16.5. The Morgan fingerprint density at radius 1 is 0.300 bits per heavy atom. The summed E-state index contributed by atoms with van der Waals surface area (Å²) >= 11 is 0. The third-order valence-corrected chi connectivity index (χ3v) is 12.7. The van der Waals surface area contributed by atoms with Crippen LogP contribution in [0.25, 0.3) is 77.2 Å². The van der Waals surface area contributed by atoms with E-state index in [1.807, 2.05) is 0 Å². The Kier molecular flexibility index (Phi) is 8.57. The first-order chi connectivity index (χ1) is 29.5. The maximum absolute atomic E-state index is 2.45. The van der Waals surface area contributed by atoms with Crippen molar-refractivity contribution in [3.63, 3.8) is 0 Å². The van der Waals surface area contributed by atoms with E-state index in [4.69, 9.17) is 0 Å². The van der Waals surface area contributed by atoms with Gasteiger partial charge in [0, 0.05) is 22.5 Å². The molecule has 0 saturated heterocycles. The third kappa shape index (κ3) is 6.10. The summed E-state index contributed by atoms with van der Waals surface area (Å²) in [5, 5.41) is 5.15. The zero-order valence-corrected chi connectivity index (χ0v) is 33.8.